The standard InChI is InChI=1S/C10H17N3O2S/c1-2-15-8-9(11)13-16-10(8)12-5-7-3-4-14-6-7/h7,12H,2-6H2,1H3,(H2,11,13). The van der Waals surface area contributed by atoms with E-state index in [0.29, 0.717) is 24.1 Å². The smallest absolute Gasteiger partial charge is 0.197 e. The van der Waals surface area contributed by atoms with Gasteiger partial charge in [-0.05, 0) is 24.9 Å². The maximum atomic E-state index is 5.72. The second-order valence-electron chi connectivity index (χ2n) is 3.77. The molecular weight excluding hydrogens is 226 g/mol. The molecule has 1 aromatic rings. The molecule has 16 heavy (non-hydrogen) atoms. The number of nitrogen functional groups attached to an aromatic ring is 1. The zero-order valence-corrected chi connectivity index (χ0v) is 10.2. The van der Waals surface area contributed by atoms with Crippen LogP contribution >= 0.6 is 11.5 Å². The molecule has 1 atom stereocenters. The molecule has 2 rings (SSSR count). The highest BCUT2D eigenvalue weighted by atomic mass is 32.1. The first-order valence-electron chi connectivity index (χ1n) is 5.50. The third-order valence-corrected chi connectivity index (χ3v) is 3.34. The Labute approximate surface area is 99.1 Å². The molecule has 1 saturated heterocycles. The molecule has 0 aliphatic carbocycles. The van der Waals surface area contributed by atoms with Gasteiger partial charge in [-0.1, -0.05) is 0 Å². The summed E-state index contributed by atoms with van der Waals surface area (Å²) in [6.45, 7) is 5.14. The van der Waals surface area contributed by atoms with Gasteiger partial charge in [-0.25, -0.2) is 0 Å². The van der Waals surface area contributed by atoms with E-state index < -0.39 is 0 Å². The van der Waals surface area contributed by atoms with Crippen molar-refractivity contribution in [2.24, 2.45) is 5.92 Å². The minimum atomic E-state index is 0.469. The van der Waals surface area contributed by atoms with Crippen LogP contribution in [-0.4, -0.2) is 30.7 Å². The van der Waals surface area contributed by atoms with Crippen LogP contribution in [0.5, 0.6) is 5.75 Å². The molecule has 2 heterocycles. The Morgan fingerprint density at radius 3 is 3.25 bits per heavy atom. The second-order valence-corrected chi connectivity index (χ2v) is 4.54. The van der Waals surface area contributed by atoms with Gasteiger partial charge in [0.15, 0.2) is 16.6 Å². The Morgan fingerprint density at radius 1 is 1.69 bits per heavy atom. The number of hydrogen-bond acceptors (Lipinski definition) is 6. The zero-order chi connectivity index (χ0) is 11.4. The van der Waals surface area contributed by atoms with Gasteiger partial charge >= 0.3 is 0 Å². The van der Waals surface area contributed by atoms with E-state index in [-0.39, 0.29) is 0 Å². The van der Waals surface area contributed by atoms with Crippen molar-refractivity contribution in [3.05, 3.63) is 0 Å². The molecule has 0 amide bonds. The van der Waals surface area contributed by atoms with Crippen LogP contribution < -0.4 is 15.8 Å². The summed E-state index contributed by atoms with van der Waals surface area (Å²) in [5.41, 5.74) is 5.72. The first-order valence-corrected chi connectivity index (χ1v) is 6.28. The van der Waals surface area contributed by atoms with Crippen LogP contribution in [0.4, 0.5) is 10.8 Å². The van der Waals surface area contributed by atoms with Crippen LogP contribution in [0.25, 0.3) is 0 Å². The SMILES string of the molecule is CCOc1c(N)nsc1NCC1CCOC1. The first-order chi connectivity index (χ1) is 7.81. The summed E-state index contributed by atoms with van der Waals surface area (Å²) in [6.07, 6.45) is 1.12. The molecule has 0 aromatic carbocycles. The van der Waals surface area contributed by atoms with Crippen molar-refractivity contribution < 1.29 is 9.47 Å². The van der Waals surface area contributed by atoms with Crippen molar-refractivity contribution in [1.82, 2.24) is 4.37 Å². The summed E-state index contributed by atoms with van der Waals surface area (Å²) >= 11 is 1.35. The lowest BCUT2D eigenvalue weighted by Crippen LogP contribution is -2.14. The minimum absolute atomic E-state index is 0.469. The molecule has 1 unspecified atom stereocenters. The summed E-state index contributed by atoms with van der Waals surface area (Å²) in [7, 11) is 0. The molecule has 0 saturated carbocycles. The largest absolute Gasteiger partial charge is 0.487 e. The summed E-state index contributed by atoms with van der Waals surface area (Å²) in [6, 6.07) is 0. The van der Waals surface area contributed by atoms with Gasteiger partial charge in [-0.15, -0.1) is 0 Å². The average Bonchev–Trinajstić information content (AvgIpc) is 2.89. The van der Waals surface area contributed by atoms with Gasteiger partial charge in [0.2, 0.25) is 0 Å². The van der Waals surface area contributed by atoms with E-state index in [4.69, 9.17) is 15.2 Å². The molecule has 1 aliphatic heterocycles. The van der Waals surface area contributed by atoms with Gasteiger partial charge in [0.1, 0.15) is 0 Å². The fraction of sp³-hybridized carbons (Fsp3) is 0.700. The van der Waals surface area contributed by atoms with E-state index in [1.165, 1.54) is 11.5 Å². The van der Waals surface area contributed by atoms with E-state index in [1.807, 2.05) is 6.92 Å². The Kier molecular flexibility index (Phi) is 3.84. The number of ether oxygens (including phenoxy) is 2. The van der Waals surface area contributed by atoms with Crippen LogP contribution in [0.15, 0.2) is 0 Å². The van der Waals surface area contributed by atoms with E-state index in [9.17, 15) is 0 Å². The Morgan fingerprint density at radius 2 is 2.56 bits per heavy atom. The molecule has 0 bridgehead atoms. The number of nitrogens with zero attached hydrogens (tertiary/aromatic N) is 1. The lowest BCUT2D eigenvalue weighted by molar-refractivity contribution is 0.187. The Balaban J connectivity index is 1.92. The topological polar surface area (TPSA) is 69.4 Å². The zero-order valence-electron chi connectivity index (χ0n) is 9.36. The van der Waals surface area contributed by atoms with Crippen LogP contribution in [0, 0.1) is 5.92 Å². The third kappa shape index (κ3) is 2.56. The Bertz CT molecular complexity index is 337. The second kappa shape index (κ2) is 5.36. The summed E-state index contributed by atoms with van der Waals surface area (Å²) in [5, 5.41) is 4.25. The summed E-state index contributed by atoms with van der Waals surface area (Å²) < 4.78 is 14.9. The fourth-order valence-electron chi connectivity index (χ4n) is 1.67. The van der Waals surface area contributed by atoms with Crippen LogP contribution in [-0.2, 0) is 4.74 Å². The molecule has 1 fully saturated rings. The maximum Gasteiger partial charge on any atom is 0.197 e. The van der Waals surface area contributed by atoms with Gasteiger partial charge < -0.3 is 20.5 Å². The van der Waals surface area contributed by atoms with Gasteiger partial charge in [-0.3, -0.25) is 0 Å². The normalized spacial score (nSPS) is 19.9. The van der Waals surface area contributed by atoms with Crippen molar-refractivity contribution in [2.75, 3.05) is 37.4 Å². The maximum absolute atomic E-state index is 5.72. The predicted octanol–water partition coefficient (Wildman–Crippen LogP) is 1.57. The number of rotatable bonds is 5. The molecule has 0 radical (unpaired) electrons. The van der Waals surface area contributed by atoms with Crippen LogP contribution in [0.3, 0.4) is 0 Å². The monoisotopic (exact) mass is 243 g/mol. The van der Waals surface area contributed by atoms with Gasteiger partial charge in [0, 0.05) is 19.1 Å². The first kappa shape index (κ1) is 11.5. The van der Waals surface area contributed by atoms with E-state index in [0.717, 1.165) is 31.2 Å². The third-order valence-electron chi connectivity index (χ3n) is 2.54. The van der Waals surface area contributed by atoms with Gasteiger partial charge in [0.25, 0.3) is 0 Å². The highest BCUT2D eigenvalue weighted by Gasteiger charge is 2.18. The van der Waals surface area contributed by atoms with Crippen molar-refractivity contribution in [1.29, 1.82) is 0 Å². The molecule has 5 nitrogen and oxygen atoms in total. The number of aromatic nitrogens is 1. The highest BCUT2D eigenvalue weighted by molar-refractivity contribution is 7.11. The summed E-state index contributed by atoms with van der Waals surface area (Å²) in [5.74, 6) is 1.74. The number of nitrogens with one attached hydrogen (secondary N) is 1. The average molecular weight is 243 g/mol. The van der Waals surface area contributed by atoms with Crippen molar-refractivity contribution in [2.45, 2.75) is 13.3 Å². The quantitative estimate of drug-likeness (QED) is 0.821. The lowest BCUT2D eigenvalue weighted by Gasteiger charge is -2.10. The lowest BCUT2D eigenvalue weighted by atomic mass is 10.1. The number of hydrogen-bond donors (Lipinski definition) is 2. The van der Waals surface area contributed by atoms with Crippen LogP contribution in [0.2, 0.25) is 0 Å². The van der Waals surface area contributed by atoms with Crippen molar-refractivity contribution in [3.8, 4) is 5.75 Å². The molecule has 3 N–H and O–H groups in total. The van der Waals surface area contributed by atoms with Crippen molar-refractivity contribution in [3.63, 3.8) is 0 Å². The van der Waals surface area contributed by atoms with E-state index in [2.05, 4.69) is 9.69 Å². The predicted molar refractivity (Wildman–Crippen MR) is 65.1 cm³/mol. The molecule has 1 aliphatic rings. The van der Waals surface area contributed by atoms with E-state index >= 15 is 0 Å². The summed E-state index contributed by atoms with van der Waals surface area (Å²) in [4.78, 5) is 0. The Hall–Kier alpha value is -1.01. The van der Waals surface area contributed by atoms with Gasteiger partial charge in [-0.2, -0.15) is 4.37 Å². The van der Waals surface area contributed by atoms with Crippen LogP contribution in [0.1, 0.15) is 13.3 Å². The number of anilines is 2. The fourth-order valence-corrected chi connectivity index (χ4v) is 2.34. The van der Waals surface area contributed by atoms with Crippen molar-refractivity contribution >= 4 is 22.4 Å². The highest BCUT2D eigenvalue weighted by Crippen LogP contribution is 2.35. The van der Waals surface area contributed by atoms with E-state index in [1.54, 1.807) is 0 Å². The minimum Gasteiger partial charge on any atom is -0.487 e. The van der Waals surface area contributed by atoms with Gasteiger partial charge in [0.05, 0.1) is 13.2 Å². The number of nitrogens with two attached hydrogens (primary N) is 1. The molecule has 0 spiro atoms. The molecule has 90 valence electrons. The molecule has 6 heteroatoms. The molecule has 1 aromatic heterocycles. The molecular formula is C10H17N3O2S.